The number of fused-ring (bicyclic) bond motifs is 1. The van der Waals surface area contributed by atoms with Crippen molar-refractivity contribution < 1.29 is 18.8 Å². The lowest BCUT2D eigenvalue weighted by molar-refractivity contribution is 0.0988. The molecule has 0 spiro atoms. The number of carbonyl (C=O) groups is 3. The number of carbonyl (C=O) groups excluding carboxylic acids is 3. The number of hydrazine groups is 1. The van der Waals surface area contributed by atoms with Crippen molar-refractivity contribution in [1.29, 1.82) is 0 Å². The first-order valence-corrected chi connectivity index (χ1v) is 7.50. The number of halogens is 1. The number of anilines is 1. The predicted octanol–water partition coefficient (Wildman–Crippen LogP) is 2.46. The highest BCUT2D eigenvalue weighted by atomic mass is 19.1. The molecular formula is C18H14FN3O3. The van der Waals surface area contributed by atoms with Crippen LogP contribution in [-0.4, -0.2) is 24.1 Å². The molecule has 6 nitrogen and oxygen atoms in total. The fourth-order valence-electron chi connectivity index (χ4n) is 2.44. The molecule has 25 heavy (non-hydrogen) atoms. The standard InChI is InChI=1S/C18H14FN3O3/c19-11-5-7-12(8-6-11)21-18(25)22-20-10-9-15-16(23)13-3-1-2-4-14(13)17(15)24/h1-9,20H,10H2,(H2,21,22,25). The fraction of sp³-hybridized carbons (Fsp3) is 0.0556. The van der Waals surface area contributed by atoms with E-state index < -0.39 is 11.8 Å². The number of hydrogen-bond acceptors (Lipinski definition) is 4. The van der Waals surface area contributed by atoms with Gasteiger partial charge in [-0.25, -0.2) is 14.6 Å². The Morgan fingerprint density at radius 1 is 0.960 bits per heavy atom. The van der Waals surface area contributed by atoms with Crippen LogP contribution in [0.5, 0.6) is 0 Å². The van der Waals surface area contributed by atoms with Gasteiger partial charge in [0.2, 0.25) is 0 Å². The minimum Gasteiger partial charge on any atom is -0.307 e. The van der Waals surface area contributed by atoms with E-state index in [0.29, 0.717) is 16.8 Å². The Labute approximate surface area is 142 Å². The van der Waals surface area contributed by atoms with Crippen LogP contribution in [0.2, 0.25) is 0 Å². The highest BCUT2D eigenvalue weighted by Crippen LogP contribution is 2.25. The third kappa shape index (κ3) is 3.61. The van der Waals surface area contributed by atoms with E-state index in [2.05, 4.69) is 16.2 Å². The summed E-state index contributed by atoms with van der Waals surface area (Å²) < 4.78 is 12.8. The van der Waals surface area contributed by atoms with Crippen LogP contribution in [0.15, 0.2) is 60.2 Å². The minimum atomic E-state index is -0.558. The van der Waals surface area contributed by atoms with Crippen LogP contribution >= 0.6 is 0 Å². The molecule has 0 unspecified atom stereocenters. The molecule has 1 aliphatic carbocycles. The van der Waals surface area contributed by atoms with Gasteiger partial charge in [-0.3, -0.25) is 15.0 Å². The Hall–Kier alpha value is -3.32. The van der Waals surface area contributed by atoms with Crippen molar-refractivity contribution in [3.63, 3.8) is 0 Å². The molecule has 0 atom stereocenters. The molecule has 0 saturated heterocycles. The lowest BCUT2D eigenvalue weighted by Crippen LogP contribution is -2.40. The molecule has 2 aromatic rings. The van der Waals surface area contributed by atoms with Crippen LogP contribution in [-0.2, 0) is 0 Å². The number of urea groups is 1. The van der Waals surface area contributed by atoms with Gasteiger partial charge in [-0.15, -0.1) is 0 Å². The van der Waals surface area contributed by atoms with Gasteiger partial charge in [0.1, 0.15) is 5.82 Å². The summed E-state index contributed by atoms with van der Waals surface area (Å²) >= 11 is 0. The Kier molecular flexibility index (Phi) is 4.67. The van der Waals surface area contributed by atoms with Crippen molar-refractivity contribution in [3.05, 3.63) is 77.1 Å². The van der Waals surface area contributed by atoms with E-state index in [4.69, 9.17) is 0 Å². The van der Waals surface area contributed by atoms with Crippen LogP contribution in [0, 0.1) is 5.82 Å². The number of allylic oxidation sites excluding steroid dienone is 1. The number of nitrogens with one attached hydrogen (secondary N) is 3. The van der Waals surface area contributed by atoms with Crippen LogP contribution in [0.1, 0.15) is 20.7 Å². The molecule has 0 aliphatic heterocycles. The Balaban J connectivity index is 1.52. The lowest BCUT2D eigenvalue weighted by Gasteiger charge is -2.07. The summed E-state index contributed by atoms with van der Waals surface area (Å²) in [6.45, 7) is 0.0949. The second kappa shape index (κ2) is 7.06. The van der Waals surface area contributed by atoms with Crippen molar-refractivity contribution in [3.8, 4) is 0 Å². The first-order chi connectivity index (χ1) is 12.1. The van der Waals surface area contributed by atoms with Crippen LogP contribution < -0.4 is 16.2 Å². The molecule has 1 aliphatic rings. The number of amides is 2. The van der Waals surface area contributed by atoms with Crippen LogP contribution in [0.25, 0.3) is 0 Å². The van der Waals surface area contributed by atoms with Crippen LogP contribution in [0.3, 0.4) is 0 Å². The first-order valence-electron chi connectivity index (χ1n) is 7.50. The van der Waals surface area contributed by atoms with E-state index in [1.807, 2.05) is 0 Å². The molecule has 3 N–H and O–H groups in total. The van der Waals surface area contributed by atoms with Gasteiger partial charge in [-0.05, 0) is 24.3 Å². The zero-order valence-electron chi connectivity index (χ0n) is 13.0. The Bertz CT molecular complexity index is 838. The largest absolute Gasteiger partial charge is 0.333 e. The van der Waals surface area contributed by atoms with E-state index in [0.717, 1.165) is 0 Å². The molecule has 0 bridgehead atoms. The third-order valence-corrected chi connectivity index (χ3v) is 3.62. The summed E-state index contributed by atoms with van der Waals surface area (Å²) in [6.07, 6.45) is 1.43. The van der Waals surface area contributed by atoms with E-state index in [1.165, 1.54) is 30.3 Å². The van der Waals surface area contributed by atoms with Gasteiger partial charge in [0.05, 0.1) is 5.57 Å². The molecule has 0 radical (unpaired) electrons. The maximum absolute atomic E-state index is 12.8. The number of benzene rings is 2. The molecule has 0 fully saturated rings. The normalized spacial score (nSPS) is 12.8. The Morgan fingerprint density at radius 3 is 2.16 bits per heavy atom. The summed E-state index contributed by atoms with van der Waals surface area (Å²) in [5.41, 5.74) is 6.24. The summed E-state index contributed by atoms with van der Waals surface area (Å²) in [6, 6.07) is 11.4. The molecule has 126 valence electrons. The average Bonchev–Trinajstić information content (AvgIpc) is 2.86. The van der Waals surface area contributed by atoms with Crippen molar-refractivity contribution in [1.82, 2.24) is 10.9 Å². The predicted molar refractivity (Wildman–Crippen MR) is 89.7 cm³/mol. The number of Topliss-reactive ketones (excluding diaryl/α,β-unsaturated/α-hetero) is 2. The zero-order valence-corrected chi connectivity index (χ0v) is 13.0. The van der Waals surface area contributed by atoms with Gasteiger partial charge in [0.25, 0.3) is 0 Å². The minimum absolute atomic E-state index is 0.0782. The van der Waals surface area contributed by atoms with Gasteiger partial charge in [-0.2, -0.15) is 0 Å². The molecular weight excluding hydrogens is 325 g/mol. The summed E-state index contributed by atoms with van der Waals surface area (Å²) in [4.78, 5) is 36.0. The number of ketones is 2. The third-order valence-electron chi connectivity index (χ3n) is 3.62. The number of hydrogen-bond donors (Lipinski definition) is 3. The molecule has 0 saturated carbocycles. The highest BCUT2D eigenvalue weighted by molar-refractivity contribution is 6.39. The monoisotopic (exact) mass is 339 g/mol. The van der Waals surface area contributed by atoms with Crippen molar-refractivity contribution in [2.45, 2.75) is 0 Å². The maximum atomic E-state index is 12.8. The second-order valence-electron chi connectivity index (χ2n) is 5.29. The quantitative estimate of drug-likeness (QED) is 0.346. The van der Waals surface area contributed by atoms with Gasteiger partial charge in [-0.1, -0.05) is 30.3 Å². The van der Waals surface area contributed by atoms with Crippen molar-refractivity contribution in [2.24, 2.45) is 0 Å². The van der Waals surface area contributed by atoms with Crippen LogP contribution in [0.4, 0.5) is 14.9 Å². The molecule has 0 aromatic heterocycles. The lowest BCUT2D eigenvalue weighted by atomic mass is 10.1. The van der Waals surface area contributed by atoms with E-state index in [-0.39, 0.29) is 23.7 Å². The van der Waals surface area contributed by atoms with Gasteiger partial charge < -0.3 is 5.32 Å². The fourth-order valence-corrected chi connectivity index (χ4v) is 2.44. The van der Waals surface area contributed by atoms with Gasteiger partial charge >= 0.3 is 6.03 Å². The molecule has 2 amide bonds. The van der Waals surface area contributed by atoms with Crippen molar-refractivity contribution in [2.75, 3.05) is 11.9 Å². The molecule has 3 rings (SSSR count). The summed E-state index contributed by atoms with van der Waals surface area (Å²) in [7, 11) is 0. The topological polar surface area (TPSA) is 87.3 Å². The van der Waals surface area contributed by atoms with E-state index in [9.17, 15) is 18.8 Å². The van der Waals surface area contributed by atoms with Gasteiger partial charge in [0.15, 0.2) is 11.6 Å². The maximum Gasteiger partial charge on any atom is 0.333 e. The average molecular weight is 339 g/mol. The van der Waals surface area contributed by atoms with E-state index in [1.54, 1.807) is 24.3 Å². The van der Waals surface area contributed by atoms with Crippen molar-refractivity contribution >= 4 is 23.3 Å². The second-order valence-corrected chi connectivity index (χ2v) is 5.29. The highest BCUT2D eigenvalue weighted by Gasteiger charge is 2.32. The molecule has 0 heterocycles. The van der Waals surface area contributed by atoms with Gasteiger partial charge in [0, 0.05) is 23.4 Å². The number of rotatable bonds is 4. The molecule has 2 aromatic carbocycles. The summed E-state index contributed by atoms with van der Waals surface area (Å²) in [5.74, 6) is -1.04. The summed E-state index contributed by atoms with van der Waals surface area (Å²) in [5, 5.41) is 2.50. The smallest absolute Gasteiger partial charge is 0.307 e. The molecule has 7 heteroatoms. The Morgan fingerprint density at radius 2 is 1.56 bits per heavy atom. The first kappa shape index (κ1) is 16.5. The SMILES string of the molecule is O=C(NNCC=C1C(=O)c2ccccc2C1=O)Nc1ccc(F)cc1. The van der Waals surface area contributed by atoms with E-state index >= 15 is 0 Å². The zero-order chi connectivity index (χ0) is 17.8.